The Morgan fingerprint density at radius 1 is 1.22 bits per heavy atom. The molecule has 6 nitrogen and oxygen atoms in total. The van der Waals surface area contributed by atoms with Crippen LogP contribution < -0.4 is 10.6 Å². The van der Waals surface area contributed by atoms with Crippen LogP contribution in [0.25, 0.3) is 0 Å². The maximum Gasteiger partial charge on any atom is 0.338 e. The van der Waals surface area contributed by atoms with Crippen molar-refractivity contribution in [2.75, 3.05) is 18.5 Å². The molecule has 0 aliphatic carbocycles. The van der Waals surface area contributed by atoms with Gasteiger partial charge in [0.25, 0.3) is 0 Å². The Balaban J connectivity index is 2.18. The average Bonchev–Trinajstić information content (AvgIpc) is 2.66. The van der Waals surface area contributed by atoms with E-state index in [1.165, 1.54) is 0 Å². The third kappa shape index (κ3) is 6.79. The molecule has 2 N–H and O–H groups in total. The second-order valence-corrected chi connectivity index (χ2v) is 9.98. The van der Waals surface area contributed by atoms with Gasteiger partial charge in [0.1, 0.15) is 0 Å². The number of amides is 1. The number of anilines is 1. The fourth-order valence-electron chi connectivity index (χ4n) is 4.29. The highest BCUT2D eigenvalue weighted by atomic mass is 32.1. The first kappa shape index (κ1) is 25.8. The van der Waals surface area contributed by atoms with Crippen molar-refractivity contribution in [3.05, 3.63) is 41.1 Å². The molecule has 0 fully saturated rings. The highest BCUT2D eigenvalue weighted by Gasteiger charge is 2.34. The quantitative estimate of drug-likeness (QED) is 0.413. The third-order valence-electron chi connectivity index (χ3n) is 5.43. The second kappa shape index (κ2) is 10.9. The van der Waals surface area contributed by atoms with Gasteiger partial charge in [0, 0.05) is 24.4 Å². The Hall–Kier alpha value is -2.41. The summed E-state index contributed by atoms with van der Waals surface area (Å²) in [6, 6.07) is 7.12. The molecule has 0 aromatic heterocycles. The molecular formula is C25H37N3O3S. The molecule has 2 atom stereocenters. The largest absolute Gasteiger partial charge is 0.463 e. The van der Waals surface area contributed by atoms with Crippen molar-refractivity contribution < 1.29 is 14.3 Å². The lowest BCUT2D eigenvalue weighted by molar-refractivity contribution is -0.139. The number of rotatable bonds is 8. The fraction of sp³-hybridized carbons (Fsp3) is 0.560. The number of carbonyl (C=O) groups is 2. The molecule has 7 heteroatoms. The van der Waals surface area contributed by atoms with Crippen molar-refractivity contribution in [1.29, 1.82) is 0 Å². The molecule has 0 saturated heterocycles. The molecule has 1 heterocycles. The summed E-state index contributed by atoms with van der Waals surface area (Å²) in [5, 5.41) is 6.83. The molecule has 1 aromatic carbocycles. The fourth-order valence-corrected chi connectivity index (χ4v) is 4.67. The first-order valence-electron chi connectivity index (χ1n) is 11.3. The summed E-state index contributed by atoms with van der Waals surface area (Å²) in [5.41, 5.74) is 3.16. The molecule has 1 amide bonds. The van der Waals surface area contributed by atoms with Crippen molar-refractivity contribution in [2.24, 2.45) is 11.3 Å². The summed E-state index contributed by atoms with van der Waals surface area (Å²) in [5.74, 6) is -0.0369. The van der Waals surface area contributed by atoms with Gasteiger partial charge in [-0.15, -0.1) is 0 Å². The zero-order valence-corrected chi connectivity index (χ0v) is 21.2. The number of esters is 1. The van der Waals surface area contributed by atoms with E-state index in [0.29, 0.717) is 36.2 Å². The molecule has 0 spiro atoms. The monoisotopic (exact) mass is 459 g/mol. The van der Waals surface area contributed by atoms with Crippen LogP contribution in [0.3, 0.4) is 0 Å². The van der Waals surface area contributed by atoms with Crippen LogP contribution in [0.15, 0.2) is 35.5 Å². The SMILES string of the molecule is CCOC(=O)C1=C(C)N(CC)C(=S)NC1c1ccc(NC(=O)CC(C)CC(C)(C)C)cc1. The Labute approximate surface area is 197 Å². The van der Waals surface area contributed by atoms with E-state index in [1.807, 2.05) is 43.0 Å². The number of carbonyl (C=O) groups excluding carboxylic acids is 2. The standard InChI is InChI=1S/C25H37N3O3S/c1-8-28-17(4)21(23(30)31-9-2)22(27-24(28)32)18-10-12-19(13-11-18)26-20(29)14-16(3)15-25(5,6)7/h10-13,16,22H,8-9,14-15H2,1-7H3,(H,26,29)(H,27,32). The molecule has 32 heavy (non-hydrogen) atoms. The van der Waals surface area contributed by atoms with Gasteiger partial charge in [-0.25, -0.2) is 4.79 Å². The number of nitrogens with one attached hydrogen (secondary N) is 2. The van der Waals surface area contributed by atoms with E-state index >= 15 is 0 Å². The maximum atomic E-state index is 12.7. The lowest BCUT2D eigenvalue weighted by Gasteiger charge is -2.37. The van der Waals surface area contributed by atoms with Crippen molar-refractivity contribution in [1.82, 2.24) is 10.2 Å². The molecular weight excluding hydrogens is 422 g/mol. The minimum absolute atomic E-state index is 0.00742. The summed E-state index contributed by atoms with van der Waals surface area (Å²) in [6.45, 7) is 15.3. The van der Waals surface area contributed by atoms with E-state index in [0.717, 1.165) is 23.4 Å². The van der Waals surface area contributed by atoms with Gasteiger partial charge in [-0.2, -0.15) is 0 Å². The zero-order valence-electron chi connectivity index (χ0n) is 20.4. The first-order chi connectivity index (χ1) is 15.0. The van der Waals surface area contributed by atoms with Gasteiger partial charge in [0.2, 0.25) is 5.91 Å². The number of thiocarbonyl (C=S) groups is 1. The Morgan fingerprint density at radius 2 is 1.84 bits per heavy atom. The van der Waals surface area contributed by atoms with Crippen LogP contribution in [0.4, 0.5) is 5.69 Å². The number of allylic oxidation sites excluding steroid dienone is 1. The predicted octanol–water partition coefficient (Wildman–Crippen LogP) is 5.18. The van der Waals surface area contributed by atoms with Gasteiger partial charge < -0.3 is 20.3 Å². The molecule has 0 bridgehead atoms. The zero-order chi connectivity index (χ0) is 24.1. The molecule has 2 rings (SSSR count). The van der Waals surface area contributed by atoms with E-state index < -0.39 is 6.04 Å². The summed E-state index contributed by atoms with van der Waals surface area (Å²) in [7, 11) is 0. The summed E-state index contributed by atoms with van der Waals surface area (Å²) >= 11 is 5.52. The van der Waals surface area contributed by atoms with Crippen LogP contribution >= 0.6 is 12.2 Å². The van der Waals surface area contributed by atoms with Gasteiger partial charge in [-0.3, -0.25) is 4.79 Å². The van der Waals surface area contributed by atoms with Crippen LogP contribution in [-0.2, 0) is 14.3 Å². The Bertz CT molecular complexity index is 871. The number of nitrogens with zero attached hydrogens (tertiary/aromatic N) is 1. The van der Waals surface area contributed by atoms with E-state index in [2.05, 4.69) is 38.3 Å². The van der Waals surface area contributed by atoms with E-state index in [4.69, 9.17) is 17.0 Å². The number of hydrogen-bond acceptors (Lipinski definition) is 4. The number of ether oxygens (including phenoxy) is 1. The normalized spacial score (nSPS) is 17.7. The van der Waals surface area contributed by atoms with Gasteiger partial charge >= 0.3 is 5.97 Å². The third-order valence-corrected chi connectivity index (χ3v) is 5.77. The second-order valence-electron chi connectivity index (χ2n) is 9.59. The lowest BCUT2D eigenvalue weighted by atomic mass is 9.84. The highest BCUT2D eigenvalue weighted by Crippen LogP contribution is 2.32. The van der Waals surface area contributed by atoms with E-state index in [-0.39, 0.29) is 17.3 Å². The lowest BCUT2D eigenvalue weighted by Crippen LogP contribution is -2.47. The minimum atomic E-state index is -0.402. The molecule has 0 radical (unpaired) electrons. The van der Waals surface area contributed by atoms with Gasteiger partial charge in [-0.1, -0.05) is 39.8 Å². The van der Waals surface area contributed by atoms with Crippen LogP contribution in [0.2, 0.25) is 0 Å². The topological polar surface area (TPSA) is 70.7 Å². The summed E-state index contributed by atoms with van der Waals surface area (Å²) < 4.78 is 5.32. The van der Waals surface area contributed by atoms with Crippen molar-refractivity contribution in [3.8, 4) is 0 Å². The van der Waals surface area contributed by atoms with Gasteiger partial charge in [0.15, 0.2) is 5.11 Å². The predicted molar refractivity (Wildman–Crippen MR) is 133 cm³/mol. The Kier molecular flexibility index (Phi) is 8.84. The van der Waals surface area contributed by atoms with Crippen LogP contribution in [0, 0.1) is 11.3 Å². The van der Waals surface area contributed by atoms with Crippen LogP contribution in [-0.4, -0.2) is 35.0 Å². The molecule has 1 aliphatic heterocycles. The van der Waals surface area contributed by atoms with Gasteiger partial charge in [-0.05, 0) is 68.4 Å². The molecule has 1 aliphatic rings. The van der Waals surface area contributed by atoms with Crippen LogP contribution in [0.1, 0.15) is 72.9 Å². The first-order valence-corrected chi connectivity index (χ1v) is 11.7. The van der Waals surface area contributed by atoms with Crippen molar-refractivity contribution >= 4 is 34.9 Å². The van der Waals surface area contributed by atoms with Crippen molar-refractivity contribution in [2.45, 2.75) is 67.3 Å². The van der Waals surface area contributed by atoms with Crippen LogP contribution in [0.5, 0.6) is 0 Å². The summed E-state index contributed by atoms with van der Waals surface area (Å²) in [4.78, 5) is 27.1. The molecule has 2 unspecified atom stereocenters. The van der Waals surface area contributed by atoms with Gasteiger partial charge in [0.05, 0.1) is 18.2 Å². The van der Waals surface area contributed by atoms with E-state index in [9.17, 15) is 9.59 Å². The number of benzene rings is 1. The number of hydrogen-bond donors (Lipinski definition) is 2. The smallest absolute Gasteiger partial charge is 0.338 e. The Morgan fingerprint density at radius 3 is 2.38 bits per heavy atom. The molecule has 0 saturated carbocycles. The van der Waals surface area contributed by atoms with E-state index in [1.54, 1.807) is 6.92 Å². The maximum absolute atomic E-state index is 12.7. The minimum Gasteiger partial charge on any atom is -0.463 e. The summed E-state index contributed by atoms with van der Waals surface area (Å²) in [6.07, 6.45) is 1.48. The molecule has 176 valence electrons. The molecule has 1 aromatic rings. The average molecular weight is 460 g/mol. The van der Waals surface area contributed by atoms with Crippen molar-refractivity contribution in [3.63, 3.8) is 0 Å². The highest BCUT2D eigenvalue weighted by molar-refractivity contribution is 7.80.